The van der Waals surface area contributed by atoms with Crippen LogP contribution in [0.2, 0.25) is 0 Å². The highest BCUT2D eigenvalue weighted by Crippen LogP contribution is 2.24. The monoisotopic (exact) mass is 355 g/mol. The number of carbonyl (C=O) groups is 1. The molecule has 0 unspecified atom stereocenters. The van der Waals surface area contributed by atoms with Crippen molar-refractivity contribution in [3.05, 3.63) is 72.2 Å². The molecule has 0 bridgehead atoms. The number of nitrogens with one attached hydrogen (secondary N) is 1. The van der Waals surface area contributed by atoms with E-state index in [-0.39, 0.29) is 23.8 Å². The molecule has 1 amide bonds. The van der Waals surface area contributed by atoms with Crippen molar-refractivity contribution in [2.75, 3.05) is 13.1 Å². The van der Waals surface area contributed by atoms with Crippen molar-refractivity contribution in [2.24, 2.45) is 0 Å². The first kappa shape index (κ1) is 16.5. The summed E-state index contributed by atoms with van der Waals surface area (Å²) >= 11 is 0. The Morgan fingerprint density at radius 3 is 2.92 bits per heavy atom. The minimum atomic E-state index is -0.226. The zero-order valence-corrected chi connectivity index (χ0v) is 14.0. The van der Waals surface area contributed by atoms with Crippen LogP contribution in [0.25, 0.3) is 0 Å². The van der Waals surface area contributed by atoms with Crippen LogP contribution < -0.4 is 5.32 Å². The molecule has 1 fully saturated rings. The van der Waals surface area contributed by atoms with Crippen LogP contribution in [0, 0.1) is 5.82 Å². The van der Waals surface area contributed by atoms with Crippen LogP contribution in [0.1, 0.15) is 22.0 Å². The Balaban J connectivity index is 1.51. The lowest BCUT2D eigenvalue weighted by atomic mass is 10.1. The molecular formula is C18H18FN5O2. The molecule has 7 nitrogen and oxygen atoms in total. The maximum absolute atomic E-state index is 14.0. The predicted octanol–water partition coefficient (Wildman–Crippen LogP) is 1.87. The topological polar surface area (TPSA) is 76.2 Å². The Kier molecular flexibility index (Phi) is 4.49. The molecule has 0 aliphatic carbocycles. The summed E-state index contributed by atoms with van der Waals surface area (Å²) in [4.78, 5) is 14.5. The van der Waals surface area contributed by atoms with Gasteiger partial charge in [-0.15, -0.1) is 5.10 Å². The number of likely N-dealkylation sites (tertiary alicyclic amines) is 1. The van der Waals surface area contributed by atoms with E-state index in [0.29, 0.717) is 30.8 Å². The normalized spacial score (nSPS) is 20.3. The molecular weight excluding hydrogens is 337 g/mol. The van der Waals surface area contributed by atoms with E-state index in [9.17, 15) is 9.18 Å². The van der Waals surface area contributed by atoms with E-state index in [1.54, 1.807) is 35.3 Å². The second-order valence-electron chi connectivity index (χ2n) is 6.33. The number of halogens is 1. The third-order valence-electron chi connectivity index (χ3n) is 4.60. The van der Waals surface area contributed by atoms with E-state index < -0.39 is 0 Å². The van der Waals surface area contributed by atoms with Gasteiger partial charge in [-0.1, -0.05) is 23.4 Å². The molecule has 0 saturated carbocycles. The van der Waals surface area contributed by atoms with Gasteiger partial charge >= 0.3 is 0 Å². The number of hydrogen-bond acceptors (Lipinski definition) is 5. The lowest BCUT2D eigenvalue weighted by molar-refractivity contribution is 0.0929. The smallest absolute Gasteiger partial charge is 0.254 e. The van der Waals surface area contributed by atoms with Gasteiger partial charge in [0.15, 0.2) is 0 Å². The minimum absolute atomic E-state index is 0.0832. The van der Waals surface area contributed by atoms with Gasteiger partial charge in [0.2, 0.25) is 0 Å². The summed E-state index contributed by atoms with van der Waals surface area (Å²) < 4.78 is 20.7. The molecule has 4 rings (SSSR count). The van der Waals surface area contributed by atoms with Crippen molar-refractivity contribution in [3.8, 4) is 0 Å². The first-order valence-corrected chi connectivity index (χ1v) is 8.35. The third kappa shape index (κ3) is 3.36. The van der Waals surface area contributed by atoms with Crippen LogP contribution in [-0.2, 0) is 6.54 Å². The van der Waals surface area contributed by atoms with Gasteiger partial charge in [-0.05, 0) is 12.1 Å². The molecule has 0 spiro atoms. The number of rotatable bonds is 5. The number of benzene rings is 1. The summed E-state index contributed by atoms with van der Waals surface area (Å²) in [5.74, 6) is -0.433. The van der Waals surface area contributed by atoms with Crippen molar-refractivity contribution in [2.45, 2.75) is 18.6 Å². The SMILES string of the molecule is O=C(N[C@@H]1CN(Cc2ccccc2F)C[C@@H]1n1ccnn1)c1ccoc1. The fourth-order valence-electron chi connectivity index (χ4n) is 3.31. The lowest BCUT2D eigenvalue weighted by Crippen LogP contribution is -2.41. The van der Waals surface area contributed by atoms with Gasteiger partial charge in [-0.25, -0.2) is 9.07 Å². The second kappa shape index (κ2) is 7.09. The molecule has 1 saturated heterocycles. The number of amides is 1. The van der Waals surface area contributed by atoms with E-state index in [1.807, 2.05) is 6.07 Å². The summed E-state index contributed by atoms with van der Waals surface area (Å²) in [6.07, 6.45) is 6.25. The Hall–Kier alpha value is -3.00. The molecule has 0 radical (unpaired) electrons. The predicted molar refractivity (Wildman–Crippen MR) is 90.7 cm³/mol. The molecule has 1 aliphatic heterocycles. The van der Waals surface area contributed by atoms with Crippen LogP contribution in [-0.4, -0.2) is 44.9 Å². The van der Waals surface area contributed by atoms with Gasteiger partial charge in [-0.2, -0.15) is 0 Å². The molecule has 3 aromatic rings. The Bertz CT molecular complexity index is 866. The zero-order valence-electron chi connectivity index (χ0n) is 14.0. The average molecular weight is 355 g/mol. The summed E-state index contributed by atoms with van der Waals surface area (Å²) in [6, 6.07) is 8.09. The van der Waals surface area contributed by atoms with Gasteiger partial charge in [0.05, 0.1) is 30.1 Å². The van der Waals surface area contributed by atoms with Gasteiger partial charge in [0.1, 0.15) is 12.1 Å². The molecule has 26 heavy (non-hydrogen) atoms. The number of carbonyl (C=O) groups excluding carboxylic acids is 1. The van der Waals surface area contributed by atoms with E-state index >= 15 is 0 Å². The van der Waals surface area contributed by atoms with E-state index in [4.69, 9.17) is 4.42 Å². The summed E-state index contributed by atoms with van der Waals surface area (Å²) in [5.41, 5.74) is 1.10. The average Bonchev–Trinajstić information content (AvgIpc) is 3.38. The molecule has 3 heterocycles. The fraction of sp³-hybridized carbons (Fsp3) is 0.278. The molecule has 1 aromatic carbocycles. The summed E-state index contributed by atoms with van der Waals surface area (Å²) in [7, 11) is 0. The van der Waals surface area contributed by atoms with E-state index in [2.05, 4.69) is 20.5 Å². The van der Waals surface area contributed by atoms with E-state index in [0.717, 1.165) is 0 Å². The molecule has 2 atom stereocenters. The van der Waals surface area contributed by atoms with Crippen LogP contribution in [0.5, 0.6) is 0 Å². The summed E-state index contributed by atoms with van der Waals surface area (Å²) in [5, 5.41) is 11.0. The number of nitrogens with zero attached hydrogens (tertiary/aromatic N) is 4. The van der Waals surface area contributed by atoms with Crippen molar-refractivity contribution in [3.63, 3.8) is 0 Å². The molecule has 8 heteroatoms. The molecule has 1 aliphatic rings. The van der Waals surface area contributed by atoms with Crippen molar-refractivity contribution in [1.82, 2.24) is 25.2 Å². The van der Waals surface area contributed by atoms with Gasteiger partial charge < -0.3 is 9.73 Å². The van der Waals surface area contributed by atoms with Crippen molar-refractivity contribution in [1.29, 1.82) is 0 Å². The van der Waals surface area contributed by atoms with Gasteiger partial charge in [0, 0.05) is 31.4 Å². The maximum Gasteiger partial charge on any atom is 0.254 e. The highest BCUT2D eigenvalue weighted by molar-refractivity contribution is 5.94. The van der Waals surface area contributed by atoms with Crippen molar-refractivity contribution < 1.29 is 13.6 Å². The maximum atomic E-state index is 14.0. The molecule has 2 aromatic heterocycles. The second-order valence-corrected chi connectivity index (χ2v) is 6.33. The summed E-state index contributed by atoms with van der Waals surface area (Å²) in [6.45, 7) is 1.69. The fourth-order valence-corrected chi connectivity index (χ4v) is 3.31. The van der Waals surface area contributed by atoms with Crippen molar-refractivity contribution >= 4 is 5.91 Å². The first-order valence-electron chi connectivity index (χ1n) is 8.35. The highest BCUT2D eigenvalue weighted by Gasteiger charge is 2.36. The largest absolute Gasteiger partial charge is 0.472 e. The first-order chi connectivity index (χ1) is 12.7. The minimum Gasteiger partial charge on any atom is -0.472 e. The number of hydrogen-bond donors (Lipinski definition) is 1. The van der Waals surface area contributed by atoms with Crippen LogP contribution in [0.15, 0.2) is 59.7 Å². The van der Waals surface area contributed by atoms with Crippen LogP contribution in [0.3, 0.4) is 0 Å². The van der Waals surface area contributed by atoms with Gasteiger partial charge in [0.25, 0.3) is 5.91 Å². The van der Waals surface area contributed by atoms with Crippen LogP contribution in [0.4, 0.5) is 4.39 Å². The number of aromatic nitrogens is 3. The Morgan fingerprint density at radius 2 is 2.19 bits per heavy atom. The van der Waals surface area contributed by atoms with E-state index in [1.165, 1.54) is 18.6 Å². The third-order valence-corrected chi connectivity index (χ3v) is 4.60. The van der Waals surface area contributed by atoms with Crippen LogP contribution >= 0.6 is 0 Å². The number of furan rings is 1. The Labute approximate surface area is 149 Å². The zero-order chi connectivity index (χ0) is 17.9. The molecule has 134 valence electrons. The lowest BCUT2D eigenvalue weighted by Gasteiger charge is -2.19. The highest BCUT2D eigenvalue weighted by atomic mass is 19.1. The Morgan fingerprint density at radius 1 is 1.31 bits per heavy atom. The molecule has 1 N–H and O–H groups in total. The standard InChI is InChI=1S/C18H18FN5O2/c19-15-4-2-1-3-13(15)9-23-10-16(17(11-23)24-7-6-20-22-24)21-18(25)14-5-8-26-12-14/h1-8,12,16-17H,9-11H2,(H,21,25)/t16-,17+/m1/s1. The van der Waals surface area contributed by atoms with Gasteiger partial charge in [-0.3, -0.25) is 9.69 Å². The quantitative estimate of drug-likeness (QED) is 0.756.